The maximum absolute atomic E-state index is 10.6. The van der Waals surface area contributed by atoms with E-state index in [0.29, 0.717) is 12.3 Å². The molecule has 1 aliphatic rings. The number of carbonyl (C=O) groups is 1. The molecule has 3 rings (SSSR count). The normalized spacial score (nSPS) is 15.9. The van der Waals surface area contributed by atoms with Crippen molar-refractivity contribution in [2.24, 2.45) is 5.73 Å². The molecule has 21 heavy (non-hydrogen) atoms. The molecule has 0 saturated heterocycles. The summed E-state index contributed by atoms with van der Waals surface area (Å²) in [5.41, 5.74) is 9.27. The predicted octanol–water partition coefficient (Wildman–Crippen LogP) is 2.61. The summed E-state index contributed by atoms with van der Waals surface area (Å²) >= 11 is 0. The summed E-state index contributed by atoms with van der Waals surface area (Å²) in [4.78, 5) is 10.6. The molecule has 1 saturated carbocycles. The van der Waals surface area contributed by atoms with Gasteiger partial charge in [-0.15, -0.1) is 0 Å². The Kier molecular flexibility index (Phi) is 3.75. The zero-order valence-electron chi connectivity index (χ0n) is 11.8. The quantitative estimate of drug-likeness (QED) is 0.854. The molecule has 1 aromatic carbocycles. The van der Waals surface area contributed by atoms with Crippen LogP contribution in [0.15, 0.2) is 36.5 Å². The second-order valence-electron chi connectivity index (χ2n) is 5.58. The number of hydrogen-bond donors (Lipinski definition) is 2. The Morgan fingerprint density at radius 1 is 1.43 bits per heavy atom. The Bertz CT molecular complexity index is 646. The maximum Gasteiger partial charge on any atom is 0.303 e. The first-order valence-corrected chi connectivity index (χ1v) is 7.27. The summed E-state index contributed by atoms with van der Waals surface area (Å²) in [5, 5.41) is 13.2. The van der Waals surface area contributed by atoms with Gasteiger partial charge in [0.25, 0.3) is 0 Å². The van der Waals surface area contributed by atoms with Gasteiger partial charge in [-0.1, -0.05) is 12.1 Å². The van der Waals surface area contributed by atoms with Gasteiger partial charge in [0.2, 0.25) is 0 Å². The fraction of sp³-hybridized carbons (Fsp3) is 0.375. The monoisotopic (exact) mass is 285 g/mol. The molecule has 1 aromatic heterocycles. The van der Waals surface area contributed by atoms with Crippen molar-refractivity contribution in [3.05, 3.63) is 47.8 Å². The number of nitrogens with zero attached hydrogens (tertiary/aromatic N) is 2. The summed E-state index contributed by atoms with van der Waals surface area (Å²) in [6.45, 7) is 0. The van der Waals surface area contributed by atoms with Gasteiger partial charge < -0.3 is 10.8 Å². The van der Waals surface area contributed by atoms with Crippen LogP contribution in [0, 0.1) is 0 Å². The second kappa shape index (κ2) is 5.69. The zero-order chi connectivity index (χ0) is 14.8. The van der Waals surface area contributed by atoms with Gasteiger partial charge >= 0.3 is 5.97 Å². The molecule has 1 aliphatic carbocycles. The maximum atomic E-state index is 10.6. The van der Waals surface area contributed by atoms with Crippen molar-refractivity contribution >= 4 is 5.97 Å². The highest BCUT2D eigenvalue weighted by molar-refractivity contribution is 5.66. The fourth-order valence-corrected chi connectivity index (χ4v) is 2.55. The van der Waals surface area contributed by atoms with Crippen LogP contribution in [0.25, 0.3) is 5.69 Å². The van der Waals surface area contributed by atoms with Gasteiger partial charge in [0.05, 0.1) is 5.69 Å². The van der Waals surface area contributed by atoms with Crippen LogP contribution >= 0.6 is 0 Å². The molecular weight excluding hydrogens is 266 g/mol. The summed E-state index contributed by atoms with van der Waals surface area (Å²) in [6, 6.07) is 9.70. The summed E-state index contributed by atoms with van der Waals surface area (Å²) in [5.74, 6) is -0.193. The lowest BCUT2D eigenvalue weighted by Gasteiger charge is -2.13. The minimum atomic E-state index is -0.815. The van der Waals surface area contributed by atoms with E-state index in [9.17, 15) is 4.79 Å². The molecule has 0 radical (unpaired) electrons. The van der Waals surface area contributed by atoms with Crippen LogP contribution in [0.5, 0.6) is 0 Å². The molecule has 0 spiro atoms. The Balaban J connectivity index is 1.82. The molecular formula is C16H19N3O2. The van der Waals surface area contributed by atoms with Crippen molar-refractivity contribution in [3.63, 3.8) is 0 Å². The first-order valence-electron chi connectivity index (χ1n) is 7.27. The lowest BCUT2D eigenvalue weighted by Crippen LogP contribution is -2.13. The largest absolute Gasteiger partial charge is 0.481 e. The van der Waals surface area contributed by atoms with Crippen LogP contribution < -0.4 is 5.73 Å². The van der Waals surface area contributed by atoms with Crippen molar-refractivity contribution in [1.82, 2.24) is 9.78 Å². The van der Waals surface area contributed by atoms with Gasteiger partial charge in [-0.2, -0.15) is 5.10 Å². The molecule has 0 amide bonds. The fourth-order valence-electron chi connectivity index (χ4n) is 2.55. The van der Waals surface area contributed by atoms with Crippen LogP contribution in [0.4, 0.5) is 0 Å². The lowest BCUT2D eigenvalue weighted by molar-refractivity contribution is -0.137. The Morgan fingerprint density at radius 2 is 2.24 bits per heavy atom. The highest BCUT2D eigenvalue weighted by Crippen LogP contribution is 2.40. The van der Waals surface area contributed by atoms with E-state index in [0.717, 1.165) is 11.3 Å². The third-order valence-electron chi connectivity index (χ3n) is 3.88. The molecule has 110 valence electrons. The average molecular weight is 285 g/mol. The molecule has 3 N–H and O–H groups in total. The summed E-state index contributed by atoms with van der Waals surface area (Å²) in [7, 11) is 0. The summed E-state index contributed by atoms with van der Waals surface area (Å²) in [6.07, 6.45) is 4.80. The zero-order valence-corrected chi connectivity index (χ0v) is 11.8. The Hall–Kier alpha value is -2.14. The van der Waals surface area contributed by atoms with Gasteiger partial charge in [-0.25, -0.2) is 4.68 Å². The van der Waals surface area contributed by atoms with E-state index in [1.165, 1.54) is 18.5 Å². The standard InChI is InChI=1S/C16H19N3O2/c17-14(6-7-16(20)21)12-2-1-3-13(10-12)19-15(8-9-18-19)11-4-5-11/h1-3,8-11,14H,4-7,17H2,(H,20,21). The van der Waals surface area contributed by atoms with Crippen LogP contribution in [0.1, 0.15) is 48.9 Å². The molecule has 5 heteroatoms. The van der Waals surface area contributed by atoms with E-state index in [2.05, 4.69) is 11.2 Å². The van der Waals surface area contributed by atoms with Gasteiger partial charge in [0.1, 0.15) is 0 Å². The SMILES string of the molecule is NC(CCC(=O)O)c1cccc(-n2nccc2C2CC2)c1. The highest BCUT2D eigenvalue weighted by atomic mass is 16.4. The number of hydrogen-bond acceptors (Lipinski definition) is 3. The van der Waals surface area contributed by atoms with Crippen LogP contribution in [-0.4, -0.2) is 20.9 Å². The first kappa shape index (κ1) is 13.8. The van der Waals surface area contributed by atoms with E-state index in [-0.39, 0.29) is 12.5 Å². The van der Waals surface area contributed by atoms with E-state index in [4.69, 9.17) is 10.8 Å². The van der Waals surface area contributed by atoms with E-state index in [1.807, 2.05) is 35.1 Å². The van der Waals surface area contributed by atoms with Gasteiger partial charge in [0, 0.05) is 30.3 Å². The number of carboxylic acid groups (broad SMARTS) is 1. The number of benzene rings is 1. The topological polar surface area (TPSA) is 81.1 Å². The third kappa shape index (κ3) is 3.13. The van der Waals surface area contributed by atoms with Crippen LogP contribution in [0.3, 0.4) is 0 Å². The second-order valence-corrected chi connectivity index (χ2v) is 5.58. The lowest BCUT2D eigenvalue weighted by atomic mass is 10.0. The Labute approximate surface area is 123 Å². The van der Waals surface area contributed by atoms with Crippen LogP contribution in [-0.2, 0) is 4.79 Å². The predicted molar refractivity (Wildman–Crippen MR) is 79.3 cm³/mol. The van der Waals surface area contributed by atoms with E-state index in [1.54, 1.807) is 0 Å². The Morgan fingerprint density at radius 3 is 2.95 bits per heavy atom. The number of rotatable bonds is 6. The molecule has 2 aromatic rings. The molecule has 1 heterocycles. The van der Waals surface area contributed by atoms with Crippen molar-refractivity contribution in [1.29, 1.82) is 0 Å². The van der Waals surface area contributed by atoms with Gasteiger partial charge in [-0.3, -0.25) is 4.79 Å². The first-order chi connectivity index (χ1) is 10.1. The third-order valence-corrected chi connectivity index (χ3v) is 3.88. The van der Waals surface area contributed by atoms with E-state index < -0.39 is 5.97 Å². The van der Waals surface area contributed by atoms with Crippen molar-refractivity contribution < 1.29 is 9.90 Å². The van der Waals surface area contributed by atoms with Crippen molar-refractivity contribution in [2.45, 2.75) is 37.6 Å². The number of carboxylic acids is 1. The smallest absolute Gasteiger partial charge is 0.303 e. The van der Waals surface area contributed by atoms with Gasteiger partial charge in [0.15, 0.2) is 0 Å². The molecule has 0 bridgehead atoms. The highest BCUT2D eigenvalue weighted by Gasteiger charge is 2.27. The van der Waals surface area contributed by atoms with Crippen molar-refractivity contribution in [2.75, 3.05) is 0 Å². The van der Waals surface area contributed by atoms with Gasteiger partial charge in [-0.05, 0) is 43.0 Å². The molecule has 0 aliphatic heterocycles. The average Bonchev–Trinajstić information content (AvgIpc) is 3.22. The molecule has 1 atom stereocenters. The van der Waals surface area contributed by atoms with Crippen molar-refractivity contribution in [3.8, 4) is 5.69 Å². The number of aromatic nitrogens is 2. The minimum absolute atomic E-state index is 0.0838. The molecule has 5 nitrogen and oxygen atoms in total. The molecule has 1 fully saturated rings. The van der Waals surface area contributed by atoms with Crippen LogP contribution in [0.2, 0.25) is 0 Å². The summed E-state index contributed by atoms with van der Waals surface area (Å²) < 4.78 is 1.96. The number of aliphatic carboxylic acids is 1. The minimum Gasteiger partial charge on any atom is -0.481 e. The van der Waals surface area contributed by atoms with E-state index >= 15 is 0 Å². The molecule has 1 unspecified atom stereocenters. The number of nitrogens with two attached hydrogens (primary N) is 1.